The van der Waals surface area contributed by atoms with Gasteiger partial charge < -0.3 is 8.83 Å². The number of fused-ring (bicyclic) bond motifs is 1. The van der Waals surface area contributed by atoms with Gasteiger partial charge in [-0.25, -0.2) is 5.01 Å². The zero-order chi connectivity index (χ0) is 19.8. The lowest BCUT2D eigenvalue weighted by molar-refractivity contribution is 0.0656. The molecule has 0 unspecified atom stereocenters. The van der Waals surface area contributed by atoms with Gasteiger partial charge in [0, 0.05) is 16.0 Å². The summed E-state index contributed by atoms with van der Waals surface area (Å²) in [5.41, 5.74) is 2.68. The molecule has 0 N–H and O–H groups in total. The molecule has 0 saturated heterocycles. The molecule has 0 bridgehead atoms. The molecular weight excluding hydrogens is 432 g/mol. The highest BCUT2D eigenvalue weighted by atomic mass is 79.9. The topological polar surface area (TPSA) is 59.0 Å². The minimum atomic E-state index is -0.239. The van der Waals surface area contributed by atoms with E-state index < -0.39 is 0 Å². The van der Waals surface area contributed by atoms with Gasteiger partial charge in [0.25, 0.3) is 5.91 Å². The van der Waals surface area contributed by atoms with Crippen LogP contribution < -0.4 is 0 Å². The van der Waals surface area contributed by atoms with Crippen molar-refractivity contribution in [1.29, 1.82) is 0 Å². The van der Waals surface area contributed by atoms with Crippen molar-refractivity contribution in [2.45, 2.75) is 25.3 Å². The predicted molar refractivity (Wildman–Crippen MR) is 113 cm³/mol. The van der Waals surface area contributed by atoms with Gasteiger partial charge >= 0.3 is 0 Å². The third-order valence-corrected chi connectivity index (χ3v) is 6.02. The Balaban J connectivity index is 1.56. The summed E-state index contributed by atoms with van der Waals surface area (Å²) >= 11 is 3.42. The van der Waals surface area contributed by atoms with Crippen LogP contribution in [0.1, 0.15) is 47.2 Å². The summed E-state index contributed by atoms with van der Waals surface area (Å²) in [6.07, 6.45) is 8.27. The van der Waals surface area contributed by atoms with E-state index in [4.69, 9.17) is 13.9 Å². The van der Waals surface area contributed by atoms with Crippen LogP contribution in [0.15, 0.2) is 85.0 Å². The van der Waals surface area contributed by atoms with Crippen LogP contribution in [0.4, 0.5) is 0 Å². The maximum atomic E-state index is 13.4. The summed E-state index contributed by atoms with van der Waals surface area (Å²) in [5.74, 6) is 1.54. The lowest BCUT2D eigenvalue weighted by Gasteiger charge is -2.27. The van der Waals surface area contributed by atoms with E-state index in [1.807, 2.05) is 54.6 Å². The highest BCUT2D eigenvalue weighted by molar-refractivity contribution is 9.10. The van der Waals surface area contributed by atoms with E-state index >= 15 is 0 Å². The summed E-state index contributed by atoms with van der Waals surface area (Å²) in [6.45, 7) is 0. The summed E-state index contributed by atoms with van der Waals surface area (Å²) in [7, 11) is 0. The summed E-state index contributed by atoms with van der Waals surface area (Å²) in [4.78, 5) is 13.4. The molecule has 6 heteroatoms. The SMILES string of the molecule is O=C(c1ccc(Br)cc1)N1N=C2/C(=C/c3ccco3)CCC[C@H]2[C@H]1c1ccco1. The van der Waals surface area contributed by atoms with Crippen molar-refractivity contribution >= 4 is 33.6 Å². The predicted octanol–water partition coefficient (Wildman–Crippen LogP) is 6.07. The Hall–Kier alpha value is -2.86. The molecule has 29 heavy (non-hydrogen) atoms. The van der Waals surface area contributed by atoms with Gasteiger partial charge in [0.1, 0.15) is 17.6 Å². The first-order valence-electron chi connectivity index (χ1n) is 9.66. The second-order valence-corrected chi connectivity index (χ2v) is 8.20. The van der Waals surface area contributed by atoms with Crippen LogP contribution in [-0.4, -0.2) is 16.6 Å². The summed E-state index contributed by atoms with van der Waals surface area (Å²) in [5, 5.41) is 6.43. The van der Waals surface area contributed by atoms with Crippen molar-refractivity contribution in [1.82, 2.24) is 5.01 Å². The zero-order valence-electron chi connectivity index (χ0n) is 15.6. The van der Waals surface area contributed by atoms with Crippen LogP contribution in [-0.2, 0) is 0 Å². The Morgan fingerprint density at radius 2 is 1.90 bits per heavy atom. The number of amides is 1. The molecule has 1 saturated carbocycles. The third kappa shape index (κ3) is 3.38. The maximum absolute atomic E-state index is 13.4. The van der Waals surface area contributed by atoms with Crippen LogP contribution in [0.5, 0.6) is 0 Å². The Labute approximate surface area is 176 Å². The Morgan fingerprint density at radius 1 is 1.10 bits per heavy atom. The van der Waals surface area contributed by atoms with Gasteiger partial charge in [-0.15, -0.1) is 0 Å². The molecule has 1 fully saturated rings. The number of hydrazone groups is 1. The fraction of sp³-hybridized carbons (Fsp3) is 0.217. The summed E-state index contributed by atoms with van der Waals surface area (Å²) in [6, 6.07) is 14.7. The molecule has 1 amide bonds. The first-order valence-corrected chi connectivity index (χ1v) is 10.5. The van der Waals surface area contributed by atoms with Crippen molar-refractivity contribution in [2.75, 3.05) is 0 Å². The molecular formula is C23H19BrN2O3. The minimum absolute atomic E-state index is 0.107. The Kier molecular flexibility index (Phi) is 4.72. The van der Waals surface area contributed by atoms with E-state index in [9.17, 15) is 4.79 Å². The maximum Gasteiger partial charge on any atom is 0.274 e. The van der Waals surface area contributed by atoms with Crippen LogP contribution in [0.3, 0.4) is 0 Å². The molecule has 3 heterocycles. The van der Waals surface area contributed by atoms with Gasteiger partial charge in [0.15, 0.2) is 0 Å². The van der Waals surface area contributed by atoms with Gasteiger partial charge in [-0.2, -0.15) is 5.10 Å². The number of carbonyl (C=O) groups is 1. The van der Waals surface area contributed by atoms with Crippen molar-refractivity contribution < 1.29 is 13.6 Å². The average Bonchev–Trinajstić information content (AvgIpc) is 3.48. The molecule has 1 aromatic carbocycles. The Morgan fingerprint density at radius 3 is 2.62 bits per heavy atom. The lowest BCUT2D eigenvalue weighted by atomic mass is 9.79. The number of furan rings is 2. The number of hydrogen-bond donors (Lipinski definition) is 0. The highest BCUT2D eigenvalue weighted by Crippen LogP contribution is 2.45. The van der Waals surface area contributed by atoms with E-state index in [0.29, 0.717) is 5.56 Å². The van der Waals surface area contributed by atoms with E-state index in [1.54, 1.807) is 17.5 Å². The quantitative estimate of drug-likeness (QED) is 0.486. The first kappa shape index (κ1) is 18.2. The normalized spacial score (nSPS) is 22.6. The number of carbonyl (C=O) groups excluding carboxylic acids is 1. The first-order chi connectivity index (χ1) is 14.2. The van der Waals surface area contributed by atoms with Crippen LogP contribution >= 0.6 is 15.9 Å². The molecule has 1 aliphatic heterocycles. The van der Waals surface area contributed by atoms with E-state index in [-0.39, 0.29) is 17.9 Å². The number of rotatable bonds is 3. The van der Waals surface area contributed by atoms with E-state index in [1.165, 1.54) is 0 Å². The van der Waals surface area contributed by atoms with Gasteiger partial charge in [0.05, 0.1) is 18.2 Å². The molecule has 5 nitrogen and oxygen atoms in total. The van der Waals surface area contributed by atoms with Crippen LogP contribution in [0.2, 0.25) is 0 Å². The van der Waals surface area contributed by atoms with Crippen LogP contribution in [0, 0.1) is 5.92 Å². The molecule has 1 aliphatic carbocycles. The number of halogens is 1. The van der Waals surface area contributed by atoms with E-state index in [0.717, 1.165) is 46.5 Å². The Bertz CT molecular complexity index is 1070. The number of allylic oxidation sites excluding steroid dienone is 1. The molecule has 2 atom stereocenters. The second kappa shape index (κ2) is 7.52. The molecule has 146 valence electrons. The number of nitrogens with zero attached hydrogens (tertiary/aromatic N) is 2. The molecule has 3 aromatic rings. The molecule has 2 aliphatic rings. The average molecular weight is 451 g/mol. The smallest absolute Gasteiger partial charge is 0.274 e. The fourth-order valence-electron chi connectivity index (χ4n) is 4.18. The molecule has 0 spiro atoms. The monoisotopic (exact) mass is 450 g/mol. The van der Waals surface area contributed by atoms with Crippen LogP contribution in [0.25, 0.3) is 6.08 Å². The van der Waals surface area contributed by atoms with Crippen molar-refractivity contribution in [3.8, 4) is 0 Å². The third-order valence-electron chi connectivity index (χ3n) is 5.50. The fourth-order valence-corrected chi connectivity index (χ4v) is 4.44. The lowest BCUT2D eigenvalue weighted by Crippen LogP contribution is -2.31. The van der Waals surface area contributed by atoms with Gasteiger partial charge in [-0.3, -0.25) is 4.79 Å². The van der Waals surface area contributed by atoms with Crippen molar-refractivity contribution in [3.63, 3.8) is 0 Å². The molecule has 0 radical (unpaired) electrons. The standard InChI is InChI=1S/C23H19BrN2O3/c24-17-10-8-15(9-11-17)23(27)26-22(20-7-3-13-29-20)19-6-1-4-16(21(19)25-26)14-18-5-2-12-28-18/h2-3,5,7-14,19,22H,1,4,6H2/b16-14+/t19-,22+/m1/s1. The highest BCUT2D eigenvalue weighted by Gasteiger charge is 2.45. The summed E-state index contributed by atoms with van der Waals surface area (Å²) < 4.78 is 12.2. The van der Waals surface area contributed by atoms with Crippen molar-refractivity contribution in [2.24, 2.45) is 11.0 Å². The van der Waals surface area contributed by atoms with Gasteiger partial charge in [0.2, 0.25) is 0 Å². The largest absolute Gasteiger partial charge is 0.467 e. The molecule has 5 rings (SSSR count). The van der Waals surface area contributed by atoms with Gasteiger partial charge in [-0.1, -0.05) is 15.9 Å². The van der Waals surface area contributed by atoms with Crippen molar-refractivity contribution in [3.05, 3.63) is 88.2 Å². The molecule has 2 aromatic heterocycles. The minimum Gasteiger partial charge on any atom is -0.467 e. The second-order valence-electron chi connectivity index (χ2n) is 7.29. The van der Waals surface area contributed by atoms with Gasteiger partial charge in [-0.05, 0) is 79.4 Å². The van der Waals surface area contributed by atoms with E-state index in [2.05, 4.69) is 15.9 Å². The number of benzene rings is 1. The zero-order valence-corrected chi connectivity index (χ0v) is 17.2. The number of hydrogen-bond acceptors (Lipinski definition) is 4.